The number of ether oxygens (including phenoxy) is 2. The van der Waals surface area contributed by atoms with Gasteiger partial charge in [-0.2, -0.15) is 0 Å². The van der Waals surface area contributed by atoms with Crippen molar-refractivity contribution in [2.24, 2.45) is 0 Å². The molecule has 0 N–H and O–H groups in total. The average molecular weight is 337 g/mol. The van der Waals surface area contributed by atoms with Crippen LogP contribution in [0.3, 0.4) is 0 Å². The van der Waals surface area contributed by atoms with Gasteiger partial charge in [0, 0.05) is 5.56 Å². The first-order valence-corrected chi connectivity index (χ1v) is 7.48. The van der Waals surface area contributed by atoms with Crippen LogP contribution in [0.2, 0.25) is 0 Å². The molecule has 6 heteroatoms. The van der Waals surface area contributed by atoms with Crippen LogP contribution in [-0.2, 0) is 0 Å². The molecule has 3 aromatic carbocycles. The van der Waals surface area contributed by atoms with E-state index in [4.69, 9.17) is 9.47 Å². The Morgan fingerprint density at radius 2 is 1.64 bits per heavy atom. The van der Waals surface area contributed by atoms with Crippen molar-refractivity contribution in [3.05, 3.63) is 64.2 Å². The maximum Gasteiger partial charge on any atom is 0.281 e. The molecular formula is C19H15NO5. The van der Waals surface area contributed by atoms with Crippen LogP contribution in [0.4, 0.5) is 5.69 Å². The first kappa shape index (κ1) is 16.4. The van der Waals surface area contributed by atoms with E-state index in [1.807, 2.05) is 30.3 Å². The fraction of sp³-hybridized carbons (Fsp3) is 0.105. The van der Waals surface area contributed by atoms with Crippen LogP contribution < -0.4 is 9.47 Å². The monoisotopic (exact) mass is 337 g/mol. The number of hydrogen-bond acceptors (Lipinski definition) is 5. The first-order chi connectivity index (χ1) is 12.1. The lowest BCUT2D eigenvalue weighted by atomic mass is 9.93. The average Bonchev–Trinajstić information content (AvgIpc) is 2.65. The summed E-state index contributed by atoms with van der Waals surface area (Å²) in [6.07, 6.45) is 0.720. The van der Waals surface area contributed by atoms with Gasteiger partial charge in [0.2, 0.25) is 0 Å². The predicted molar refractivity (Wildman–Crippen MR) is 94.5 cm³/mol. The van der Waals surface area contributed by atoms with Crippen LogP contribution in [-0.4, -0.2) is 25.4 Å². The van der Waals surface area contributed by atoms with Gasteiger partial charge in [-0.15, -0.1) is 0 Å². The second-order valence-electron chi connectivity index (χ2n) is 5.35. The number of nitro groups is 1. The maximum absolute atomic E-state index is 11.7. The second kappa shape index (κ2) is 6.60. The quantitative estimate of drug-likeness (QED) is 0.395. The normalized spacial score (nSPS) is 10.5. The molecule has 0 heterocycles. The molecule has 25 heavy (non-hydrogen) atoms. The molecule has 0 saturated carbocycles. The zero-order valence-corrected chi connectivity index (χ0v) is 13.7. The van der Waals surface area contributed by atoms with E-state index in [0.717, 1.165) is 17.1 Å². The molecule has 126 valence electrons. The topological polar surface area (TPSA) is 78.7 Å². The number of fused-ring (bicyclic) bond motifs is 1. The standard InChI is InChI=1S/C19H15NO5/c1-24-18-9-15(17(20(22)23)10-19(18)25-2)14-8-7-12-5-3-4-6-13(12)16(14)11-21/h3-11H,1-2H3. The number of benzene rings is 3. The van der Waals surface area contributed by atoms with E-state index in [0.29, 0.717) is 22.4 Å². The summed E-state index contributed by atoms with van der Waals surface area (Å²) < 4.78 is 10.4. The van der Waals surface area contributed by atoms with E-state index in [-0.39, 0.29) is 11.4 Å². The third kappa shape index (κ3) is 2.78. The van der Waals surface area contributed by atoms with E-state index >= 15 is 0 Å². The van der Waals surface area contributed by atoms with E-state index in [1.54, 1.807) is 6.07 Å². The van der Waals surface area contributed by atoms with E-state index in [1.165, 1.54) is 26.4 Å². The Morgan fingerprint density at radius 1 is 0.960 bits per heavy atom. The zero-order chi connectivity index (χ0) is 18.0. The lowest BCUT2D eigenvalue weighted by molar-refractivity contribution is -0.384. The Balaban J connectivity index is 2.37. The summed E-state index contributed by atoms with van der Waals surface area (Å²) in [6.45, 7) is 0. The smallest absolute Gasteiger partial charge is 0.281 e. The largest absolute Gasteiger partial charge is 0.493 e. The fourth-order valence-electron chi connectivity index (χ4n) is 2.89. The summed E-state index contributed by atoms with van der Waals surface area (Å²) in [5.41, 5.74) is 1.02. The maximum atomic E-state index is 11.7. The molecule has 3 aromatic rings. The van der Waals surface area contributed by atoms with Crippen molar-refractivity contribution >= 4 is 22.7 Å². The molecule has 0 atom stereocenters. The molecular weight excluding hydrogens is 322 g/mol. The van der Waals surface area contributed by atoms with Gasteiger partial charge in [0.1, 0.15) is 0 Å². The van der Waals surface area contributed by atoms with Crippen molar-refractivity contribution in [2.75, 3.05) is 14.2 Å². The van der Waals surface area contributed by atoms with Crippen molar-refractivity contribution < 1.29 is 19.2 Å². The Hall–Kier alpha value is -3.41. The van der Waals surface area contributed by atoms with Crippen LogP contribution in [0.1, 0.15) is 10.4 Å². The van der Waals surface area contributed by atoms with Crippen LogP contribution in [0, 0.1) is 10.1 Å². The van der Waals surface area contributed by atoms with Gasteiger partial charge in [-0.1, -0.05) is 36.4 Å². The minimum absolute atomic E-state index is 0.156. The van der Waals surface area contributed by atoms with Crippen molar-refractivity contribution in [3.63, 3.8) is 0 Å². The highest BCUT2D eigenvalue weighted by Gasteiger charge is 2.23. The number of nitrogens with zero attached hydrogens (tertiary/aromatic N) is 1. The Morgan fingerprint density at radius 3 is 2.28 bits per heavy atom. The minimum Gasteiger partial charge on any atom is -0.493 e. The summed E-state index contributed by atoms with van der Waals surface area (Å²) in [6, 6.07) is 13.8. The molecule has 3 rings (SSSR count). The third-order valence-electron chi connectivity index (χ3n) is 4.08. The number of nitro benzene ring substituents is 1. The first-order valence-electron chi connectivity index (χ1n) is 7.48. The Labute approximate surface area is 143 Å². The number of carbonyl (C=O) groups is 1. The minimum atomic E-state index is -0.499. The summed E-state index contributed by atoms with van der Waals surface area (Å²) in [4.78, 5) is 22.8. The zero-order valence-electron chi connectivity index (χ0n) is 13.7. The van der Waals surface area contributed by atoms with Crippen molar-refractivity contribution in [2.45, 2.75) is 0 Å². The van der Waals surface area contributed by atoms with E-state index in [9.17, 15) is 14.9 Å². The van der Waals surface area contributed by atoms with Gasteiger partial charge in [-0.25, -0.2) is 0 Å². The van der Waals surface area contributed by atoms with Gasteiger partial charge in [0.25, 0.3) is 5.69 Å². The lowest BCUT2D eigenvalue weighted by Crippen LogP contribution is -1.99. The number of rotatable bonds is 5. The van der Waals surface area contributed by atoms with Gasteiger partial charge in [-0.05, 0) is 22.4 Å². The number of aldehydes is 1. The molecule has 0 radical (unpaired) electrons. The van der Waals surface area contributed by atoms with Crippen LogP contribution >= 0.6 is 0 Å². The Kier molecular flexibility index (Phi) is 4.35. The summed E-state index contributed by atoms with van der Waals surface area (Å²) in [5, 5.41) is 13.2. The molecule has 0 spiro atoms. The van der Waals surface area contributed by atoms with Crippen LogP contribution in [0.5, 0.6) is 11.5 Å². The molecule has 0 fully saturated rings. The molecule has 0 aromatic heterocycles. The molecule has 0 bridgehead atoms. The molecule has 0 aliphatic rings. The van der Waals surface area contributed by atoms with Gasteiger partial charge in [0.05, 0.1) is 30.8 Å². The van der Waals surface area contributed by atoms with E-state index in [2.05, 4.69) is 0 Å². The van der Waals surface area contributed by atoms with Crippen molar-refractivity contribution in [3.8, 4) is 22.6 Å². The highest BCUT2D eigenvalue weighted by Crippen LogP contribution is 2.41. The molecule has 0 unspecified atom stereocenters. The second-order valence-corrected chi connectivity index (χ2v) is 5.35. The van der Waals surface area contributed by atoms with Gasteiger partial charge < -0.3 is 9.47 Å². The molecule has 0 aliphatic carbocycles. The van der Waals surface area contributed by atoms with E-state index < -0.39 is 4.92 Å². The van der Waals surface area contributed by atoms with Crippen LogP contribution in [0.25, 0.3) is 21.9 Å². The van der Waals surface area contributed by atoms with Crippen molar-refractivity contribution in [1.82, 2.24) is 0 Å². The van der Waals surface area contributed by atoms with Crippen molar-refractivity contribution in [1.29, 1.82) is 0 Å². The SMILES string of the molecule is COc1cc(-c2ccc3ccccc3c2C=O)c([N+](=O)[O-])cc1OC. The van der Waals surface area contributed by atoms with Gasteiger partial charge in [-0.3, -0.25) is 14.9 Å². The third-order valence-corrected chi connectivity index (χ3v) is 4.08. The predicted octanol–water partition coefficient (Wildman–Crippen LogP) is 4.24. The number of hydrogen-bond donors (Lipinski definition) is 0. The van der Waals surface area contributed by atoms with Gasteiger partial charge >= 0.3 is 0 Å². The molecule has 0 aliphatic heterocycles. The summed E-state index contributed by atoms with van der Waals surface area (Å²) in [7, 11) is 2.86. The molecule has 6 nitrogen and oxygen atoms in total. The molecule has 0 saturated heterocycles. The summed E-state index contributed by atoms with van der Waals surface area (Å²) >= 11 is 0. The highest BCUT2D eigenvalue weighted by molar-refractivity contribution is 6.05. The summed E-state index contributed by atoms with van der Waals surface area (Å²) in [5.74, 6) is 0.611. The Bertz CT molecular complexity index is 981. The highest BCUT2D eigenvalue weighted by atomic mass is 16.6. The lowest BCUT2D eigenvalue weighted by Gasteiger charge is -2.13. The molecule has 0 amide bonds. The number of methoxy groups -OCH3 is 2. The fourth-order valence-corrected chi connectivity index (χ4v) is 2.89. The van der Waals surface area contributed by atoms with Crippen LogP contribution in [0.15, 0.2) is 48.5 Å². The number of carbonyl (C=O) groups excluding carboxylic acids is 1. The van der Waals surface area contributed by atoms with Gasteiger partial charge in [0.15, 0.2) is 17.8 Å².